The van der Waals surface area contributed by atoms with Crippen LogP contribution in [-0.2, 0) is 10.9 Å². The van der Waals surface area contributed by atoms with E-state index in [9.17, 15) is 18.0 Å². The lowest BCUT2D eigenvalue weighted by Gasteiger charge is -2.30. The Kier molecular flexibility index (Phi) is 7.89. The lowest BCUT2D eigenvalue weighted by molar-refractivity contribution is -0.139. The molecule has 2 aromatic rings. The molecule has 7 nitrogen and oxygen atoms in total. The molecule has 1 aromatic heterocycles. The van der Waals surface area contributed by atoms with Crippen LogP contribution < -0.4 is 15.8 Å². The van der Waals surface area contributed by atoms with Gasteiger partial charge in [-0.1, -0.05) is 26.7 Å². The summed E-state index contributed by atoms with van der Waals surface area (Å²) in [7, 11) is 0. The van der Waals surface area contributed by atoms with E-state index in [1.807, 2.05) is 13.8 Å². The van der Waals surface area contributed by atoms with E-state index in [0.717, 1.165) is 31.7 Å². The number of rotatable bonds is 9. The minimum absolute atomic E-state index is 0.0993. The monoisotopic (exact) mass is 480 g/mol. The molecule has 186 valence electrons. The van der Waals surface area contributed by atoms with Crippen LogP contribution in [0.3, 0.4) is 0 Å². The van der Waals surface area contributed by atoms with Crippen LogP contribution in [0.1, 0.15) is 58.4 Å². The molecule has 1 aliphatic rings. The SMILES string of the molecule is CC(C)C[C@@](C)(COc1ccc(-c2ccnc(NC3CCCC3)n2)cc1C(F)(F)F)OC(N)=O. The van der Waals surface area contributed by atoms with Gasteiger partial charge in [0, 0.05) is 17.8 Å². The van der Waals surface area contributed by atoms with Crippen molar-refractivity contribution < 1.29 is 27.4 Å². The molecule has 3 rings (SSSR count). The minimum atomic E-state index is -4.66. The van der Waals surface area contributed by atoms with Crippen molar-refractivity contribution in [2.24, 2.45) is 11.7 Å². The highest BCUT2D eigenvalue weighted by Crippen LogP contribution is 2.39. The number of nitrogens with one attached hydrogen (secondary N) is 1. The van der Waals surface area contributed by atoms with E-state index < -0.39 is 23.4 Å². The van der Waals surface area contributed by atoms with E-state index in [2.05, 4.69) is 15.3 Å². The number of carbonyl (C=O) groups is 1. The van der Waals surface area contributed by atoms with Crippen LogP contribution in [0.2, 0.25) is 0 Å². The highest BCUT2D eigenvalue weighted by atomic mass is 19.4. The van der Waals surface area contributed by atoms with E-state index >= 15 is 0 Å². The van der Waals surface area contributed by atoms with Crippen molar-refractivity contribution >= 4 is 12.0 Å². The van der Waals surface area contributed by atoms with Gasteiger partial charge in [-0.05, 0) is 56.4 Å². The van der Waals surface area contributed by atoms with Crippen LogP contribution in [0, 0.1) is 5.92 Å². The van der Waals surface area contributed by atoms with Gasteiger partial charge in [-0.15, -0.1) is 0 Å². The molecule has 0 radical (unpaired) electrons. The number of nitrogens with zero attached hydrogens (tertiary/aromatic N) is 2. The van der Waals surface area contributed by atoms with Gasteiger partial charge in [0.05, 0.1) is 11.3 Å². The standard InChI is InChI=1S/C24H31F3N4O3/c1-15(2)13-23(3,34-21(28)32)14-33-20-9-8-16(12-18(20)24(25,26)27)19-10-11-29-22(31-19)30-17-6-4-5-7-17/h8-12,15,17H,4-7,13-14H2,1-3H3,(H2,28,32)(H,29,30,31)/t23-/m0/s1. The second-order valence-electron chi connectivity index (χ2n) is 9.36. The zero-order valence-corrected chi connectivity index (χ0v) is 19.6. The van der Waals surface area contributed by atoms with E-state index in [-0.39, 0.29) is 29.9 Å². The maximum Gasteiger partial charge on any atom is 0.419 e. The minimum Gasteiger partial charge on any atom is -0.489 e. The molecule has 1 saturated carbocycles. The second kappa shape index (κ2) is 10.5. The largest absolute Gasteiger partial charge is 0.489 e. The summed E-state index contributed by atoms with van der Waals surface area (Å²) in [4.78, 5) is 19.9. The smallest absolute Gasteiger partial charge is 0.419 e. The number of hydrogen-bond donors (Lipinski definition) is 2. The van der Waals surface area contributed by atoms with Crippen molar-refractivity contribution in [2.75, 3.05) is 11.9 Å². The first kappa shape index (κ1) is 25.6. The van der Waals surface area contributed by atoms with Gasteiger partial charge in [-0.3, -0.25) is 0 Å². The number of halogens is 3. The summed E-state index contributed by atoms with van der Waals surface area (Å²) >= 11 is 0. The maximum atomic E-state index is 13.9. The average Bonchev–Trinajstić information content (AvgIpc) is 3.23. The van der Waals surface area contributed by atoms with Crippen LogP contribution in [0.4, 0.5) is 23.9 Å². The number of amides is 1. The van der Waals surface area contributed by atoms with Crippen molar-refractivity contribution in [3.05, 3.63) is 36.0 Å². The van der Waals surface area contributed by atoms with Crippen LogP contribution in [0.25, 0.3) is 11.3 Å². The van der Waals surface area contributed by atoms with Gasteiger partial charge in [0.2, 0.25) is 5.95 Å². The number of aromatic nitrogens is 2. The summed E-state index contributed by atoms with van der Waals surface area (Å²) in [5.41, 5.74) is 3.70. The van der Waals surface area contributed by atoms with E-state index in [1.54, 1.807) is 13.0 Å². The molecule has 1 aliphatic carbocycles. The fourth-order valence-corrected chi connectivity index (χ4v) is 4.35. The van der Waals surface area contributed by atoms with Crippen LogP contribution in [-0.4, -0.2) is 34.3 Å². The Hall–Kier alpha value is -3.04. The van der Waals surface area contributed by atoms with E-state index in [4.69, 9.17) is 15.2 Å². The highest BCUT2D eigenvalue weighted by Gasteiger charge is 2.37. The summed E-state index contributed by atoms with van der Waals surface area (Å²) in [6.07, 6.45) is 0.526. The van der Waals surface area contributed by atoms with Gasteiger partial charge in [-0.2, -0.15) is 13.2 Å². The van der Waals surface area contributed by atoms with Crippen molar-refractivity contribution in [1.29, 1.82) is 0 Å². The van der Waals surface area contributed by atoms with Gasteiger partial charge in [-0.25, -0.2) is 14.8 Å². The number of ether oxygens (including phenoxy) is 2. The lowest BCUT2D eigenvalue weighted by Crippen LogP contribution is -2.41. The third-order valence-electron chi connectivity index (χ3n) is 5.64. The van der Waals surface area contributed by atoms with Crippen molar-refractivity contribution in [1.82, 2.24) is 9.97 Å². The van der Waals surface area contributed by atoms with Crippen molar-refractivity contribution in [3.63, 3.8) is 0 Å². The number of alkyl halides is 3. The van der Waals surface area contributed by atoms with Gasteiger partial charge in [0.1, 0.15) is 18.0 Å². The molecule has 1 fully saturated rings. The Morgan fingerprint density at radius 2 is 1.94 bits per heavy atom. The third-order valence-corrected chi connectivity index (χ3v) is 5.64. The third kappa shape index (κ3) is 6.98. The van der Waals surface area contributed by atoms with Gasteiger partial charge < -0.3 is 20.5 Å². The zero-order valence-electron chi connectivity index (χ0n) is 19.6. The van der Waals surface area contributed by atoms with Crippen LogP contribution in [0.15, 0.2) is 30.5 Å². The predicted molar refractivity (Wildman–Crippen MR) is 122 cm³/mol. The van der Waals surface area contributed by atoms with Crippen LogP contribution in [0.5, 0.6) is 5.75 Å². The number of benzene rings is 1. The number of anilines is 1. The zero-order chi connectivity index (χ0) is 24.9. The second-order valence-corrected chi connectivity index (χ2v) is 9.36. The van der Waals surface area contributed by atoms with E-state index in [0.29, 0.717) is 18.1 Å². The van der Waals surface area contributed by atoms with Crippen molar-refractivity contribution in [3.8, 4) is 17.0 Å². The molecular weight excluding hydrogens is 449 g/mol. The summed E-state index contributed by atoms with van der Waals surface area (Å²) in [5.74, 6) is 0.131. The summed E-state index contributed by atoms with van der Waals surface area (Å²) < 4.78 is 52.4. The van der Waals surface area contributed by atoms with Crippen molar-refractivity contribution in [2.45, 2.75) is 70.7 Å². The van der Waals surface area contributed by atoms with Gasteiger partial charge in [0.25, 0.3) is 0 Å². The molecule has 1 atom stereocenters. The topological polar surface area (TPSA) is 99.4 Å². The average molecular weight is 481 g/mol. The van der Waals surface area contributed by atoms with E-state index in [1.165, 1.54) is 18.3 Å². The molecule has 0 spiro atoms. The number of primary amides is 1. The fraction of sp³-hybridized carbons (Fsp3) is 0.542. The molecule has 0 unspecified atom stereocenters. The molecule has 10 heteroatoms. The Bertz CT molecular complexity index is 994. The quantitative estimate of drug-likeness (QED) is 0.471. The highest BCUT2D eigenvalue weighted by molar-refractivity contribution is 5.65. The summed E-state index contributed by atoms with van der Waals surface area (Å²) in [6.45, 7) is 5.10. The molecule has 0 bridgehead atoms. The number of nitrogens with two attached hydrogens (primary N) is 1. The molecular formula is C24H31F3N4O3. The molecule has 1 heterocycles. The molecule has 3 N–H and O–H groups in total. The Morgan fingerprint density at radius 3 is 2.56 bits per heavy atom. The van der Waals surface area contributed by atoms with Crippen LogP contribution >= 0.6 is 0 Å². The lowest BCUT2D eigenvalue weighted by atomic mass is 9.95. The first-order valence-corrected chi connectivity index (χ1v) is 11.4. The normalized spacial score (nSPS) is 16.3. The first-order valence-electron chi connectivity index (χ1n) is 11.4. The Balaban J connectivity index is 1.85. The molecule has 34 heavy (non-hydrogen) atoms. The molecule has 1 aromatic carbocycles. The Morgan fingerprint density at radius 1 is 1.24 bits per heavy atom. The summed E-state index contributed by atoms with van der Waals surface area (Å²) in [5, 5.41) is 3.25. The maximum absolute atomic E-state index is 13.9. The Labute approximate surface area is 197 Å². The fourth-order valence-electron chi connectivity index (χ4n) is 4.35. The number of carbonyl (C=O) groups excluding carboxylic acids is 1. The first-order chi connectivity index (χ1) is 15.9. The molecule has 0 saturated heterocycles. The molecule has 1 amide bonds. The predicted octanol–water partition coefficient (Wildman–Crippen LogP) is 5.80. The molecule has 0 aliphatic heterocycles. The number of hydrogen-bond acceptors (Lipinski definition) is 6. The van der Waals surface area contributed by atoms with Gasteiger partial charge in [0.15, 0.2) is 0 Å². The summed E-state index contributed by atoms with van der Waals surface area (Å²) in [6, 6.07) is 5.62. The van der Waals surface area contributed by atoms with Gasteiger partial charge >= 0.3 is 12.3 Å².